The predicted molar refractivity (Wildman–Crippen MR) is 56.7 cm³/mol. The molecule has 0 saturated heterocycles. The van der Waals surface area contributed by atoms with E-state index in [1.165, 1.54) is 13.2 Å². The number of aryl methyl sites for hydroxylation is 1. The quantitative estimate of drug-likeness (QED) is 0.620. The van der Waals surface area contributed by atoms with Gasteiger partial charge in [-0.2, -0.15) is 0 Å². The van der Waals surface area contributed by atoms with E-state index in [4.69, 9.17) is 4.74 Å². The molecule has 1 aromatic carbocycles. The molecule has 0 heterocycles. The van der Waals surface area contributed by atoms with Crippen molar-refractivity contribution in [2.24, 2.45) is 0 Å². The Morgan fingerprint density at radius 3 is 2.64 bits per heavy atom. The van der Waals surface area contributed by atoms with Gasteiger partial charge in [0.05, 0.1) is 12.0 Å². The third-order valence-corrected chi connectivity index (χ3v) is 2.66. The molecular formula is C9H10BrNO3. The van der Waals surface area contributed by atoms with Crippen molar-refractivity contribution in [2.45, 2.75) is 13.3 Å². The summed E-state index contributed by atoms with van der Waals surface area (Å²) >= 11 is 3.33. The summed E-state index contributed by atoms with van der Waals surface area (Å²) in [5.41, 5.74) is 0.907. The first-order valence-electron chi connectivity index (χ1n) is 4.11. The molecule has 0 amide bonds. The van der Waals surface area contributed by atoms with E-state index in [1.807, 2.05) is 6.92 Å². The molecule has 4 nitrogen and oxygen atoms in total. The minimum Gasteiger partial charge on any atom is -0.490 e. The Labute approximate surface area is 90.2 Å². The van der Waals surface area contributed by atoms with Crippen LogP contribution in [-0.2, 0) is 6.42 Å². The fraction of sp³-hybridized carbons (Fsp3) is 0.333. The molecule has 0 fully saturated rings. The maximum absolute atomic E-state index is 10.7. The van der Waals surface area contributed by atoms with E-state index in [1.54, 1.807) is 6.07 Å². The van der Waals surface area contributed by atoms with Crippen molar-refractivity contribution in [3.8, 4) is 5.75 Å². The zero-order valence-corrected chi connectivity index (χ0v) is 9.50. The SMILES string of the molecule is CCc1cc([N+](=O)[O-])c(OC)cc1Br. The van der Waals surface area contributed by atoms with Gasteiger partial charge in [-0.3, -0.25) is 10.1 Å². The van der Waals surface area contributed by atoms with Crippen LogP contribution in [0.1, 0.15) is 12.5 Å². The number of nitro groups is 1. The van der Waals surface area contributed by atoms with Gasteiger partial charge in [-0.15, -0.1) is 0 Å². The summed E-state index contributed by atoms with van der Waals surface area (Å²) in [6.07, 6.45) is 0.741. The molecule has 0 spiro atoms. The van der Waals surface area contributed by atoms with Gasteiger partial charge in [-0.1, -0.05) is 22.9 Å². The summed E-state index contributed by atoms with van der Waals surface area (Å²) in [7, 11) is 1.42. The van der Waals surface area contributed by atoms with Crippen LogP contribution in [-0.4, -0.2) is 12.0 Å². The highest BCUT2D eigenvalue weighted by atomic mass is 79.9. The zero-order valence-electron chi connectivity index (χ0n) is 7.91. The van der Waals surface area contributed by atoms with Crippen LogP contribution in [0.4, 0.5) is 5.69 Å². The van der Waals surface area contributed by atoms with Crippen molar-refractivity contribution in [2.75, 3.05) is 7.11 Å². The lowest BCUT2D eigenvalue weighted by atomic mass is 10.1. The fourth-order valence-electron chi connectivity index (χ4n) is 1.16. The first-order chi connectivity index (χ1) is 6.60. The third kappa shape index (κ3) is 2.04. The average molecular weight is 260 g/mol. The van der Waals surface area contributed by atoms with E-state index in [0.29, 0.717) is 0 Å². The minimum atomic E-state index is -0.440. The summed E-state index contributed by atoms with van der Waals surface area (Å²) in [5.74, 6) is 0.277. The van der Waals surface area contributed by atoms with Gasteiger partial charge in [0, 0.05) is 16.6 Å². The van der Waals surface area contributed by atoms with Gasteiger partial charge >= 0.3 is 5.69 Å². The standard InChI is InChI=1S/C9H10BrNO3/c1-3-6-4-8(11(12)13)9(14-2)5-7(6)10/h4-5H,3H2,1-2H3. The molecule has 14 heavy (non-hydrogen) atoms. The van der Waals surface area contributed by atoms with Crippen LogP contribution in [0.25, 0.3) is 0 Å². The number of ether oxygens (including phenoxy) is 1. The lowest BCUT2D eigenvalue weighted by Gasteiger charge is -2.05. The molecule has 0 aliphatic heterocycles. The van der Waals surface area contributed by atoms with Crippen molar-refractivity contribution in [1.82, 2.24) is 0 Å². The third-order valence-electron chi connectivity index (χ3n) is 1.93. The van der Waals surface area contributed by atoms with E-state index in [9.17, 15) is 10.1 Å². The summed E-state index contributed by atoms with van der Waals surface area (Å²) < 4.78 is 5.75. The molecule has 0 aromatic heterocycles. The Hall–Kier alpha value is -1.10. The van der Waals surface area contributed by atoms with Gasteiger partial charge in [0.25, 0.3) is 0 Å². The molecule has 0 N–H and O–H groups in total. The highest BCUT2D eigenvalue weighted by Gasteiger charge is 2.16. The van der Waals surface area contributed by atoms with Gasteiger partial charge in [-0.05, 0) is 12.0 Å². The molecular weight excluding hydrogens is 250 g/mol. The number of rotatable bonds is 3. The van der Waals surface area contributed by atoms with Crippen molar-refractivity contribution < 1.29 is 9.66 Å². The van der Waals surface area contributed by atoms with Crippen LogP contribution in [0.2, 0.25) is 0 Å². The molecule has 0 bridgehead atoms. The molecule has 76 valence electrons. The van der Waals surface area contributed by atoms with Crippen molar-refractivity contribution in [3.63, 3.8) is 0 Å². The van der Waals surface area contributed by atoms with E-state index >= 15 is 0 Å². The van der Waals surface area contributed by atoms with E-state index in [2.05, 4.69) is 15.9 Å². The van der Waals surface area contributed by atoms with Crippen LogP contribution >= 0.6 is 15.9 Å². The number of nitro benzene ring substituents is 1. The maximum Gasteiger partial charge on any atom is 0.311 e. The topological polar surface area (TPSA) is 52.4 Å². The van der Waals surface area contributed by atoms with Gasteiger partial charge in [0.15, 0.2) is 5.75 Å². The lowest BCUT2D eigenvalue weighted by Crippen LogP contribution is -1.96. The number of halogens is 1. The smallest absolute Gasteiger partial charge is 0.311 e. The number of methoxy groups -OCH3 is 1. The van der Waals surface area contributed by atoms with E-state index in [-0.39, 0.29) is 11.4 Å². The van der Waals surface area contributed by atoms with Crippen LogP contribution < -0.4 is 4.74 Å². The summed E-state index contributed by atoms with van der Waals surface area (Å²) in [6.45, 7) is 1.94. The predicted octanol–water partition coefficient (Wildman–Crippen LogP) is 2.93. The molecule has 0 radical (unpaired) electrons. The summed E-state index contributed by atoms with van der Waals surface area (Å²) in [4.78, 5) is 10.2. The highest BCUT2D eigenvalue weighted by molar-refractivity contribution is 9.10. The largest absolute Gasteiger partial charge is 0.490 e. The van der Waals surface area contributed by atoms with Crippen LogP contribution in [0, 0.1) is 10.1 Å². The number of hydrogen-bond donors (Lipinski definition) is 0. The van der Waals surface area contributed by atoms with Gasteiger partial charge in [0.2, 0.25) is 0 Å². The Balaban J connectivity index is 3.32. The summed E-state index contributed by atoms with van der Waals surface area (Å²) in [5, 5.41) is 10.7. The monoisotopic (exact) mass is 259 g/mol. The first kappa shape index (κ1) is 11.0. The molecule has 1 rings (SSSR count). The molecule has 1 aromatic rings. The van der Waals surface area contributed by atoms with Crippen molar-refractivity contribution in [1.29, 1.82) is 0 Å². The van der Waals surface area contributed by atoms with Crippen molar-refractivity contribution in [3.05, 3.63) is 32.3 Å². The number of nitrogens with zero attached hydrogens (tertiary/aromatic N) is 1. The average Bonchev–Trinajstić information content (AvgIpc) is 2.16. The van der Waals surface area contributed by atoms with E-state index < -0.39 is 4.92 Å². The van der Waals surface area contributed by atoms with Crippen molar-refractivity contribution >= 4 is 21.6 Å². The molecule has 5 heteroatoms. The van der Waals surface area contributed by atoms with Crippen LogP contribution in [0.15, 0.2) is 16.6 Å². The number of hydrogen-bond acceptors (Lipinski definition) is 3. The second-order valence-corrected chi connectivity index (χ2v) is 3.58. The second kappa shape index (κ2) is 4.41. The van der Waals surface area contributed by atoms with Gasteiger partial charge in [0.1, 0.15) is 0 Å². The molecule has 0 atom stereocenters. The molecule has 0 unspecified atom stereocenters. The molecule has 0 saturated carbocycles. The first-order valence-corrected chi connectivity index (χ1v) is 4.90. The Kier molecular flexibility index (Phi) is 3.46. The summed E-state index contributed by atoms with van der Waals surface area (Å²) in [6, 6.07) is 3.15. The molecule has 0 aliphatic rings. The number of benzene rings is 1. The second-order valence-electron chi connectivity index (χ2n) is 2.73. The van der Waals surface area contributed by atoms with Crippen LogP contribution in [0.3, 0.4) is 0 Å². The molecule has 0 aliphatic carbocycles. The van der Waals surface area contributed by atoms with Gasteiger partial charge < -0.3 is 4.74 Å². The Morgan fingerprint density at radius 2 is 2.21 bits per heavy atom. The zero-order chi connectivity index (χ0) is 10.7. The fourth-order valence-corrected chi connectivity index (χ4v) is 1.77. The Morgan fingerprint density at radius 1 is 1.57 bits per heavy atom. The maximum atomic E-state index is 10.7. The lowest BCUT2D eigenvalue weighted by molar-refractivity contribution is -0.385. The van der Waals surface area contributed by atoms with Gasteiger partial charge in [-0.25, -0.2) is 0 Å². The Bertz CT molecular complexity index is 365. The normalized spacial score (nSPS) is 9.93. The van der Waals surface area contributed by atoms with Crippen LogP contribution in [0.5, 0.6) is 5.75 Å². The minimum absolute atomic E-state index is 0.00699. The highest BCUT2D eigenvalue weighted by Crippen LogP contribution is 2.33. The van der Waals surface area contributed by atoms with E-state index in [0.717, 1.165) is 16.5 Å².